The molecule has 0 atom stereocenters. The van der Waals surface area contributed by atoms with Gasteiger partial charge in [-0.3, -0.25) is 0 Å². The summed E-state index contributed by atoms with van der Waals surface area (Å²) in [6, 6.07) is 0. The van der Waals surface area contributed by atoms with Crippen molar-refractivity contribution in [1.29, 1.82) is 0 Å². The van der Waals surface area contributed by atoms with Crippen LogP contribution < -0.4 is 22.2 Å². The number of aromatic amines is 1. The molecule has 0 amide bonds. The zero-order valence-corrected chi connectivity index (χ0v) is 4.63. The number of hydrogen-bond acceptors (Lipinski definition) is 5. The van der Waals surface area contributed by atoms with Crippen LogP contribution in [0, 0.1) is 0 Å². The molecule has 0 fully saturated rings. The standard InChI is InChI=1S/C3H6N6/c4-1-7-2(5)9-3(6)8-1/h(H6,4,5,6,7,8,9)/p+1. The first kappa shape index (κ1) is 5.54. The number of nitrogens with two attached hydrogens (primary N) is 3. The van der Waals surface area contributed by atoms with Gasteiger partial charge in [-0.05, 0) is 0 Å². The highest BCUT2D eigenvalue weighted by Crippen LogP contribution is 1.91. The van der Waals surface area contributed by atoms with Gasteiger partial charge in [0, 0.05) is 0 Å². The Morgan fingerprint density at radius 3 is 1.78 bits per heavy atom. The number of rotatable bonds is 0. The van der Waals surface area contributed by atoms with Crippen LogP contribution in [0.2, 0.25) is 0 Å². The van der Waals surface area contributed by atoms with Crippen LogP contribution in [0.1, 0.15) is 0 Å². The third-order valence-electron chi connectivity index (χ3n) is 0.726. The first-order valence-electron chi connectivity index (χ1n) is 2.26. The van der Waals surface area contributed by atoms with Gasteiger partial charge in [0.15, 0.2) is 0 Å². The summed E-state index contributed by atoms with van der Waals surface area (Å²) >= 11 is 0. The molecule has 0 aliphatic carbocycles. The zero-order chi connectivity index (χ0) is 6.85. The Kier molecular flexibility index (Phi) is 1.07. The summed E-state index contributed by atoms with van der Waals surface area (Å²) in [5.74, 6) is 0.406. The highest BCUT2D eigenvalue weighted by atomic mass is 15.2. The van der Waals surface area contributed by atoms with Gasteiger partial charge in [0.1, 0.15) is 0 Å². The largest absolute Gasteiger partial charge is 0.351 e. The molecular formula is C3H7N6+. The molecule has 0 aliphatic rings. The Hall–Kier alpha value is -1.59. The van der Waals surface area contributed by atoms with Crippen LogP contribution in [-0.2, 0) is 0 Å². The SMILES string of the molecule is Nc1nc(N)[nH+]c(N)n1. The van der Waals surface area contributed by atoms with Crippen LogP contribution in [0.3, 0.4) is 0 Å². The molecule has 0 spiro atoms. The lowest BCUT2D eigenvalue weighted by Crippen LogP contribution is -2.20. The smallest absolute Gasteiger partial charge is 0.320 e. The monoisotopic (exact) mass is 127 g/mol. The molecule has 6 nitrogen and oxygen atoms in total. The average molecular weight is 127 g/mol. The fourth-order valence-electron chi connectivity index (χ4n) is 0.459. The van der Waals surface area contributed by atoms with E-state index in [-0.39, 0.29) is 17.8 Å². The maximum absolute atomic E-state index is 5.19. The van der Waals surface area contributed by atoms with E-state index in [1.807, 2.05) is 0 Å². The predicted molar refractivity (Wildman–Crippen MR) is 31.8 cm³/mol. The predicted octanol–water partition coefficient (Wildman–Crippen LogP) is -1.96. The van der Waals surface area contributed by atoms with E-state index in [4.69, 9.17) is 17.2 Å². The summed E-state index contributed by atoms with van der Waals surface area (Å²) in [7, 11) is 0. The van der Waals surface area contributed by atoms with E-state index in [9.17, 15) is 0 Å². The summed E-state index contributed by atoms with van der Waals surface area (Å²) in [5.41, 5.74) is 15.5. The molecule has 48 valence electrons. The molecule has 0 aromatic carbocycles. The van der Waals surface area contributed by atoms with Gasteiger partial charge in [-0.1, -0.05) is 9.97 Å². The molecule has 0 unspecified atom stereocenters. The van der Waals surface area contributed by atoms with Crippen molar-refractivity contribution in [3.63, 3.8) is 0 Å². The van der Waals surface area contributed by atoms with Gasteiger partial charge >= 0.3 is 17.8 Å². The lowest BCUT2D eigenvalue weighted by Gasteiger charge is -1.87. The second-order valence-corrected chi connectivity index (χ2v) is 1.48. The molecule has 1 rings (SSSR count). The maximum atomic E-state index is 5.19. The Balaban J connectivity index is 3.17. The first-order chi connectivity index (χ1) is 4.18. The molecule has 1 aromatic rings. The lowest BCUT2D eigenvalue weighted by atomic mass is 10.9. The van der Waals surface area contributed by atoms with E-state index in [0.717, 1.165) is 0 Å². The fourth-order valence-corrected chi connectivity index (χ4v) is 0.459. The molecule has 0 saturated carbocycles. The third kappa shape index (κ3) is 1.15. The van der Waals surface area contributed by atoms with Gasteiger partial charge in [-0.25, -0.2) is 4.98 Å². The van der Waals surface area contributed by atoms with E-state index in [1.54, 1.807) is 0 Å². The van der Waals surface area contributed by atoms with Crippen molar-refractivity contribution < 1.29 is 4.98 Å². The highest BCUT2D eigenvalue weighted by molar-refractivity contribution is 5.25. The molecule has 1 heterocycles. The van der Waals surface area contributed by atoms with Gasteiger partial charge in [-0.15, -0.1) is 0 Å². The molecule has 0 aliphatic heterocycles. The molecule has 0 saturated heterocycles. The van der Waals surface area contributed by atoms with E-state index < -0.39 is 0 Å². The normalized spacial score (nSPS) is 9.33. The molecular weight excluding hydrogens is 120 g/mol. The van der Waals surface area contributed by atoms with E-state index in [0.29, 0.717) is 0 Å². The Bertz CT molecular complexity index is 169. The van der Waals surface area contributed by atoms with Gasteiger partial charge in [0.05, 0.1) is 0 Å². The van der Waals surface area contributed by atoms with Gasteiger partial charge in [0.2, 0.25) is 0 Å². The fraction of sp³-hybridized carbons (Fsp3) is 0. The molecule has 7 N–H and O–H groups in total. The van der Waals surface area contributed by atoms with Crippen molar-refractivity contribution in [2.24, 2.45) is 0 Å². The minimum absolute atomic E-state index is 0.0729. The summed E-state index contributed by atoms with van der Waals surface area (Å²) in [5, 5.41) is 0. The minimum atomic E-state index is 0.0729. The van der Waals surface area contributed by atoms with Crippen LogP contribution in [-0.4, -0.2) is 9.97 Å². The number of nitrogens with zero attached hydrogens (tertiary/aromatic N) is 2. The van der Waals surface area contributed by atoms with Crippen LogP contribution in [0.5, 0.6) is 0 Å². The summed E-state index contributed by atoms with van der Waals surface area (Å²) in [6.07, 6.45) is 0. The van der Waals surface area contributed by atoms with E-state index in [2.05, 4.69) is 15.0 Å². The van der Waals surface area contributed by atoms with Crippen molar-refractivity contribution in [3.05, 3.63) is 0 Å². The Morgan fingerprint density at radius 2 is 1.44 bits per heavy atom. The van der Waals surface area contributed by atoms with Crippen molar-refractivity contribution >= 4 is 17.8 Å². The number of nitrogen functional groups attached to an aromatic ring is 3. The minimum Gasteiger partial charge on any atom is -0.351 e. The van der Waals surface area contributed by atoms with Crippen molar-refractivity contribution in [2.75, 3.05) is 17.2 Å². The third-order valence-corrected chi connectivity index (χ3v) is 0.726. The molecule has 1 aromatic heterocycles. The van der Waals surface area contributed by atoms with Crippen molar-refractivity contribution in [1.82, 2.24) is 9.97 Å². The van der Waals surface area contributed by atoms with Crippen LogP contribution in [0.25, 0.3) is 0 Å². The van der Waals surface area contributed by atoms with Crippen LogP contribution >= 0.6 is 0 Å². The topological polar surface area (TPSA) is 118 Å². The van der Waals surface area contributed by atoms with Crippen LogP contribution in [0.4, 0.5) is 17.8 Å². The summed E-state index contributed by atoms with van der Waals surface area (Å²) < 4.78 is 0. The molecule has 0 bridgehead atoms. The molecule has 0 radical (unpaired) electrons. The highest BCUT2D eigenvalue weighted by Gasteiger charge is 2.01. The summed E-state index contributed by atoms with van der Waals surface area (Å²) in [6.45, 7) is 0. The van der Waals surface area contributed by atoms with E-state index in [1.165, 1.54) is 0 Å². The lowest BCUT2D eigenvalue weighted by molar-refractivity contribution is -0.350. The number of anilines is 3. The number of nitrogens with one attached hydrogen (secondary N) is 1. The van der Waals surface area contributed by atoms with Crippen molar-refractivity contribution in [2.45, 2.75) is 0 Å². The molecule has 6 heteroatoms. The number of hydrogen-bond donors (Lipinski definition) is 3. The van der Waals surface area contributed by atoms with Crippen LogP contribution in [0.15, 0.2) is 0 Å². The summed E-state index contributed by atoms with van der Waals surface area (Å²) in [4.78, 5) is 9.55. The van der Waals surface area contributed by atoms with Crippen molar-refractivity contribution in [3.8, 4) is 0 Å². The Morgan fingerprint density at radius 1 is 1.00 bits per heavy atom. The second-order valence-electron chi connectivity index (χ2n) is 1.48. The zero-order valence-electron chi connectivity index (χ0n) is 4.63. The van der Waals surface area contributed by atoms with Gasteiger partial charge < -0.3 is 17.2 Å². The quantitative estimate of drug-likeness (QED) is 0.374. The van der Waals surface area contributed by atoms with E-state index >= 15 is 0 Å². The van der Waals surface area contributed by atoms with Gasteiger partial charge in [-0.2, -0.15) is 0 Å². The average Bonchev–Trinajstić information content (AvgIpc) is 1.59. The first-order valence-corrected chi connectivity index (χ1v) is 2.26. The second kappa shape index (κ2) is 1.73. The Labute approximate surface area is 51.1 Å². The molecule has 9 heavy (non-hydrogen) atoms. The maximum Gasteiger partial charge on any atom is 0.320 e. The number of H-pyrrole nitrogens is 1. The number of aromatic nitrogens is 3. The van der Waals surface area contributed by atoms with Gasteiger partial charge in [0.25, 0.3) is 0 Å².